The normalized spacial score (nSPS) is 25.5. The summed E-state index contributed by atoms with van der Waals surface area (Å²) in [5.74, 6) is 0.897. The number of nitrogens with one attached hydrogen (secondary N) is 1. The molecule has 1 saturated carbocycles. The Kier molecular flexibility index (Phi) is 3.76. The van der Waals surface area contributed by atoms with Crippen molar-refractivity contribution in [2.24, 2.45) is 0 Å². The molecule has 2 rings (SSSR count). The fraction of sp³-hybridized carbons (Fsp3) is 0.545. The Morgan fingerprint density at radius 3 is 3.07 bits per heavy atom. The molecule has 1 N–H and O–H groups in total. The molecule has 1 aliphatic rings. The van der Waals surface area contributed by atoms with Crippen LogP contribution in [0.1, 0.15) is 19.3 Å². The van der Waals surface area contributed by atoms with Crippen molar-refractivity contribution in [1.82, 2.24) is 4.98 Å². The molecule has 82 valence electrons. The monoisotopic (exact) mass is 242 g/mol. The lowest BCUT2D eigenvalue weighted by Gasteiger charge is -2.19. The van der Waals surface area contributed by atoms with Crippen molar-refractivity contribution >= 4 is 29.2 Å². The summed E-state index contributed by atoms with van der Waals surface area (Å²) < 4.78 is 0. The van der Waals surface area contributed by atoms with E-state index < -0.39 is 0 Å². The Morgan fingerprint density at radius 2 is 2.33 bits per heavy atom. The molecule has 1 heterocycles. The lowest BCUT2D eigenvalue weighted by Crippen LogP contribution is -2.26. The van der Waals surface area contributed by atoms with Gasteiger partial charge in [0.1, 0.15) is 11.0 Å². The summed E-state index contributed by atoms with van der Waals surface area (Å²) in [5, 5.41) is 4.73. The number of hydrogen-bond donors (Lipinski definition) is 1. The van der Waals surface area contributed by atoms with Gasteiger partial charge < -0.3 is 5.32 Å². The standard InChI is InChI=1S/C11H15ClN2S/c1-15-9-5-2-4-8(9)13-11-7-3-6-10(12)14-11/h3,6-9H,2,4-5H2,1H3,(H,13,14). The van der Waals surface area contributed by atoms with Crippen molar-refractivity contribution in [3.05, 3.63) is 23.4 Å². The summed E-state index contributed by atoms with van der Waals surface area (Å²) in [6, 6.07) is 6.25. The molecule has 0 spiro atoms. The molecule has 1 aliphatic carbocycles. The van der Waals surface area contributed by atoms with E-state index in [1.54, 1.807) is 6.07 Å². The van der Waals surface area contributed by atoms with Crippen molar-refractivity contribution in [3.63, 3.8) is 0 Å². The minimum atomic E-state index is 0.547. The van der Waals surface area contributed by atoms with E-state index in [-0.39, 0.29) is 0 Å². The quantitative estimate of drug-likeness (QED) is 0.823. The summed E-state index contributed by atoms with van der Waals surface area (Å²) in [4.78, 5) is 4.25. The number of aromatic nitrogens is 1. The molecule has 0 aliphatic heterocycles. The highest BCUT2D eigenvalue weighted by atomic mass is 35.5. The number of thioether (sulfide) groups is 1. The second-order valence-corrected chi connectivity index (χ2v) is 5.27. The smallest absolute Gasteiger partial charge is 0.131 e. The molecule has 2 nitrogen and oxygen atoms in total. The molecule has 0 radical (unpaired) electrons. The van der Waals surface area contributed by atoms with Crippen LogP contribution in [0.5, 0.6) is 0 Å². The maximum Gasteiger partial charge on any atom is 0.131 e. The van der Waals surface area contributed by atoms with Crippen LogP contribution in [0.4, 0.5) is 5.82 Å². The minimum absolute atomic E-state index is 0.547. The van der Waals surface area contributed by atoms with Gasteiger partial charge in [0, 0.05) is 11.3 Å². The lowest BCUT2D eigenvalue weighted by atomic mass is 10.2. The summed E-state index contributed by atoms with van der Waals surface area (Å²) in [6.07, 6.45) is 6.03. The zero-order chi connectivity index (χ0) is 10.7. The molecule has 0 amide bonds. The first kappa shape index (κ1) is 11.1. The van der Waals surface area contributed by atoms with Gasteiger partial charge in [-0.3, -0.25) is 0 Å². The van der Waals surface area contributed by atoms with Crippen LogP contribution in [0.2, 0.25) is 5.15 Å². The molecule has 1 aromatic heterocycles. The fourth-order valence-corrected chi connectivity index (χ4v) is 3.15. The van der Waals surface area contributed by atoms with Crippen LogP contribution < -0.4 is 5.32 Å². The van der Waals surface area contributed by atoms with E-state index in [4.69, 9.17) is 11.6 Å². The molecule has 0 aromatic carbocycles. The van der Waals surface area contributed by atoms with Gasteiger partial charge in [-0.2, -0.15) is 11.8 Å². The molecule has 0 bridgehead atoms. The van der Waals surface area contributed by atoms with E-state index in [2.05, 4.69) is 16.6 Å². The molecule has 15 heavy (non-hydrogen) atoms. The lowest BCUT2D eigenvalue weighted by molar-refractivity contribution is 0.763. The van der Waals surface area contributed by atoms with Crippen LogP contribution in [0.15, 0.2) is 18.2 Å². The van der Waals surface area contributed by atoms with E-state index >= 15 is 0 Å². The Balaban J connectivity index is 2.02. The zero-order valence-electron chi connectivity index (χ0n) is 8.74. The largest absolute Gasteiger partial charge is 0.366 e. The highest BCUT2D eigenvalue weighted by Gasteiger charge is 2.26. The molecule has 4 heteroatoms. The molecule has 1 aromatic rings. The predicted octanol–water partition coefficient (Wildman–Crippen LogP) is 3.43. The number of halogens is 1. The first-order valence-electron chi connectivity index (χ1n) is 5.21. The van der Waals surface area contributed by atoms with Crippen molar-refractivity contribution in [3.8, 4) is 0 Å². The van der Waals surface area contributed by atoms with E-state index in [1.807, 2.05) is 23.9 Å². The Labute approximate surface area is 99.8 Å². The molecular formula is C11H15ClN2S. The van der Waals surface area contributed by atoms with Gasteiger partial charge in [-0.05, 0) is 31.2 Å². The number of nitrogens with zero attached hydrogens (tertiary/aromatic N) is 1. The van der Waals surface area contributed by atoms with Crippen molar-refractivity contribution < 1.29 is 0 Å². The average Bonchev–Trinajstić information content (AvgIpc) is 2.65. The summed E-state index contributed by atoms with van der Waals surface area (Å²) in [5.41, 5.74) is 0. The van der Waals surface area contributed by atoms with Gasteiger partial charge in [-0.1, -0.05) is 24.1 Å². The van der Waals surface area contributed by atoms with Crippen molar-refractivity contribution in [2.75, 3.05) is 11.6 Å². The van der Waals surface area contributed by atoms with Gasteiger partial charge in [0.25, 0.3) is 0 Å². The third kappa shape index (κ3) is 2.79. The van der Waals surface area contributed by atoms with Gasteiger partial charge in [0.05, 0.1) is 0 Å². The molecule has 2 unspecified atom stereocenters. The maximum atomic E-state index is 5.84. The van der Waals surface area contributed by atoms with Crippen LogP contribution in [0.3, 0.4) is 0 Å². The van der Waals surface area contributed by atoms with E-state index in [9.17, 15) is 0 Å². The van der Waals surface area contributed by atoms with Crippen LogP contribution >= 0.6 is 23.4 Å². The van der Waals surface area contributed by atoms with Crippen molar-refractivity contribution in [1.29, 1.82) is 0 Å². The minimum Gasteiger partial charge on any atom is -0.366 e. The first-order valence-corrected chi connectivity index (χ1v) is 6.88. The number of anilines is 1. The van der Waals surface area contributed by atoms with Crippen LogP contribution in [-0.2, 0) is 0 Å². The average molecular weight is 243 g/mol. The number of hydrogen-bond acceptors (Lipinski definition) is 3. The summed E-state index contributed by atoms with van der Waals surface area (Å²) in [7, 11) is 0. The zero-order valence-corrected chi connectivity index (χ0v) is 10.3. The van der Waals surface area contributed by atoms with Gasteiger partial charge in [-0.15, -0.1) is 0 Å². The van der Waals surface area contributed by atoms with Gasteiger partial charge in [0.2, 0.25) is 0 Å². The Hall–Kier alpha value is -0.410. The second kappa shape index (κ2) is 5.08. The number of pyridine rings is 1. The Bertz CT molecular complexity index is 332. The van der Waals surface area contributed by atoms with E-state index in [1.165, 1.54) is 19.3 Å². The summed E-state index contributed by atoms with van der Waals surface area (Å²) >= 11 is 7.78. The first-order chi connectivity index (χ1) is 7.29. The predicted molar refractivity (Wildman–Crippen MR) is 67.8 cm³/mol. The topological polar surface area (TPSA) is 24.9 Å². The third-order valence-corrected chi connectivity index (χ3v) is 4.18. The van der Waals surface area contributed by atoms with Crippen LogP contribution in [-0.4, -0.2) is 22.5 Å². The van der Waals surface area contributed by atoms with E-state index in [0.717, 1.165) is 5.82 Å². The van der Waals surface area contributed by atoms with Crippen LogP contribution in [0, 0.1) is 0 Å². The highest BCUT2D eigenvalue weighted by Crippen LogP contribution is 2.30. The molecule has 0 saturated heterocycles. The van der Waals surface area contributed by atoms with Gasteiger partial charge in [-0.25, -0.2) is 4.98 Å². The SMILES string of the molecule is CSC1CCCC1Nc1cccc(Cl)n1. The number of rotatable bonds is 3. The van der Waals surface area contributed by atoms with Crippen LogP contribution in [0.25, 0.3) is 0 Å². The fourth-order valence-electron chi connectivity index (χ4n) is 2.05. The van der Waals surface area contributed by atoms with Gasteiger partial charge >= 0.3 is 0 Å². The molecule has 2 atom stereocenters. The van der Waals surface area contributed by atoms with Crippen molar-refractivity contribution in [2.45, 2.75) is 30.6 Å². The summed E-state index contributed by atoms with van der Waals surface area (Å²) in [6.45, 7) is 0. The third-order valence-electron chi connectivity index (χ3n) is 2.80. The Morgan fingerprint density at radius 1 is 1.47 bits per heavy atom. The van der Waals surface area contributed by atoms with E-state index in [0.29, 0.717) is 16.4 Å². The second-order valence-electron chi connectivity index (χ2n) is 3.80. The maximum absolute atomic E-state index is 5.84. The highest BCUT2D eigenvalue weighted by molar-refractivity contribution is 7.99. The molecule has 1 fully saturated rings. The molecular weight excluding hydrogens is 228 g/mol. The van der Waals surface area contributed by atoms with Gasteiger partial charge in [0.15, 0.2) is 0 Å².